The first kappa shape index (κ1) is 22.6. The van der Waals surface area contributed by atoms with Crippen LogP contribution in [0, 0.1) is 0 Å². The molecule has 0 aromatic heterocycles. The van der Waals surface area contributed by atoms with E-state index >= 15 is 0 Å². The second-order valence-corrected chi connectivity index (χ2v) is 5.59. The second-order valence-electron chi connectivity index (χ2n) is 4.35. The Morgan fingerprint density at radius 1 is 0.913 bits per heavy atom. The van der Waals surface area contributed by atoms with Crippen LogP contribution in [0.25, 0.3) is 0 Å². The summed E-state index contributed by atoms with van der Waals surface area (Å²) >= 11 is -0.630. The zero-order valence-corrected chi connectivity index (χ0v) is 12.4. The minimum atomic E-state index is -6.84. The van der Waals surface area contributed by atoms with Gasteiger partial charge in [-0.2, -0.15) is 39.5 Å². The molecule has 140 valence electrons. The molecule has 0 saturated heterocycles. The van der Waals surface area contributed by atoms with E-state index in [-0.39, 0.29) is 12.7 Å². The topological polar surface area (TPSA) is 18.5 Å². The molecule has 0 aromatic rings. The van der Waals surface area contributed by atoms with E-state index in [2.05, 4.69) is 4.74 Å². The maximum atomic E-state index is 13.1. The molecule has 0 spiro atoms. The molecule has 0 aromatic carbocycles. The van der Waals surface area contributed by atoms with Crippen molar-refractivity contribution < 1.29 is 53.4 Å². The van der Waals surface area contributed by atoms with Crippen molar-refractivity contribution in [1.82, 2.24) is 0 Å². The number of halogens is 10. The Morgan fingerprint density at radius 2 is 1.39 bits per heavy atom. The van der Waals surface area contributed by atoms with Crippen LogP contribution in [0.4, 0.5) is 43.9 Å². The van der Waals surface area contributed by atoms with Crippen molar-refractivity contribution in [2.45, 2.75) is 49.8 Å². The Kier molecular flexibility index (Phi) is 7.49. The third kappa shape index (κ3) is 6.18. The van der Waals surface area contributed by atoms with Crippen LogP contribution in [-0.4, -0.2) is 48.3 Å². The summed E-state index contributed by atoms with van der Waals surface area (Å²) in [5.74, 6) is -7.48. The Hall–Kier alpha value is -0.430. The molecule has 0 saturated carbocycles. The second kappa shape index (κ2) is 7.64. The molecule has 1 atom stereocenters. The maximum Gasteiger partial charge on any atom is 0.462 e. The van der Waals surface area contributed by atoms with Gasteiger partial charge >= 0.3 is 23.5 Å². The summed E-state index contributed by atoms with van der Waals surface area (Å²) in [6, 6.07) is 0. The predicted molar refractivity (Wildman–Crippen MR) is 60.4 cm³/mol. The van der Waals surface area contributed by atoms with E-state index in [0.717, 1.165) is 0 Å². The van der Waals surface area contributed by atoms with E-state index in [1.54, 1.807) is 0 Å². The maximum absolute atomic E-state index is 13.1. The van der Waals surface area contributed by atoms with Gasteiger partial charge in [-0.05, 0) is 13.8 Å². The fourth-order valence-electron chi connectivity index (χ4n) is 0.965. The van der Waals surface area contributed by atoms with Crippen molar-refractivity contribution >= 4 is 11.8 Å². The molecule has 2 nitrogen and oxygen atoms in total. The lowest BCUT2D eigenvalue weighted by molar-refractivity contribution is -0.446. The first-order valence-corrected chi connectivity index (χ1v) is 6.81. The van der Waals surface area contributed by atoms with Crippen LogP contribution >= 0.6 is 11.8 Å². The molecule has 0 N–H and O–H groups in total. The van der Waals surface area contributed by atoms with E-state index in [0.29, 0.717) is 0 Å². The zero-order valence-electron chi connectivity index (χ0n) is 11.6. The van der Waals surface area contributed by atoms with Crippen LogP contribution in [-0.2, 0) is 9.47 Å². The van der Waals surface area contributed by atoms with Crippen LogP contribution < -0.4 is 0 Å². The standard InChI is InChI=1S/C10H12F10O2S/c1-5(2)21-3-4-23-7(12,13)6(11)22-10(19,20)8(14,15)9(16,17)18/h5-6H,3-4H2,1-2H3. The molecule has 0 aliphatic heterocycles. The summed E-state index contributed by atoms with van der Waals surface area (Å²) in [6.07, 6.45) is -18.1. The van der Waals surface area contributed by atoms with Crippen molar-refractivity contribution in [3.05, 3.63) is 0 Å². The van der Waals surface area contributed by atoms with Crippen molar-refractivity contribution in [2.24, 2.45) is 0 Å². The van der Waals surface area contributed by atoms with Gasteiger partial charge in [0.2, 0.25) is 0 Å². The lowest BCUT2D eigenvalue weighted by atomic mass is 10.3. The highest BCUT2D eigenvalue weighted by atomic mass is 32.2. The minimum absolute atomic E-state index is 0.361. The molecule has 1 unspecified atom stereocenters. The molecule has 0 fully saturated rings. The summed E-state index contributed by atoms with van der Waals surface area (Å²) in [5.41, 5.74) is 0. The first-order chi connectivity index (χ1) is 10.0. The van der Waals surface area contributed by atoms with E-state index in [4.69, 9.17) is 4.74 Å². The highest BCUT2D eigenvalue weighted by molar-refractivity contribution is 8.00. The molecular formula is C10H12F10O2S. The van der Waals surface area contributed by atoms with E-state index in [1.165, 1.54) is 13.8 Å². The van der Waals surface area contributed by atoms with Gasteiger partial charge in [-0.15, -0.1) is 0 Å². The fraction of sp³-hybridized carbons (Fsp3) is 1.00. The van der Waals surface area contributed by atoms with Crippen molar-refractivity contribution in [3.8, 4) is 0 Å². The van der Waals surface area contributed by atoms with Gasteiger partial charge in [0.05, 0.1) is 12.7 Å². The number of ether oxygens (including phenoxy) is 2. The molecule has 0 radical (unpaired) electrons. The van der Waals surface area contributed by atoms with Crippen LogP contribution in [0.1, 0.15) is 13.8 Å². The van der Waals surface area contributed by atoms with Gasteiger partial charge in [-0.25, -0.2) is 4.39 Å². The van der Waals surface area contributed by atoms with E-state index in [9.17, 15) is 43.9 Å². The normalized spacial score (nSPS) is 16.0. The van der Waals surface area contributed by atoms with Gasteiger partial charge in [0.25, 0.3) is 6.36 Å². The van der Waals surface area contributed by atoms with E-state index < -0.39 is 47.3 Å². The molecular weight excluding hydrogens is 374 g/mol. The third-order valence-corrected chi connectivity index (χ3v) is 3.01. The number of rotatable bonds is 9. The lowest BCUT2D eigenvalue weighted by Gasteiger charge is -2.30. The van der Waals surface area contributed by atoms with Crippen LogP contribution in [0.3, 0.4) is 0 Å². The quantitative estimate of drug-likeness (QED) is 0.417. The summed E-state index contributed by atoms with van der Waals surface area (Å²) < 4.78 is 132. The number of thioether (sulfide) groups is 1. The molecule has 0 rings (SSSR count). The highest BCUT2D eigenvalue weighted by Gasteiger charge is 2.75. The predicted octanol–water partition coefficient (Wildman–Crippen LogP) is 4.84. The van der Waals surface area contributed by atoms with Gasteiger partial charge in [-0.3, -0.25) is 4.74 Å². The molecule has 23 heavy (non-hydrogen) atoms. The minimum Gasteiger partial charge on any atom is -0.378 e. The van der Waals surface area contributed by atoms with Crippen LogP contribution in [0.5, 0.6) is 0 Å². The van der Waals surface area contributed by atoms with Gasteiger partial charge < -0.3 is 4.74 Å². The largest absolute Gasteiger partial charge is 0.462 e. The number of hydrogen-bond donors (Lipinski definition) is 0. The summed E-state index contributed by atoms with van der Waals surface area (Å²) in [7, 11) is 0. The van der Waals surface area contributed by atoms with Crippen LogP contribution in [0.2, 0.25) is 0 Å². The Balaban J connectivity index is 4.79. The number of alkyl halides is 10. The summed E-state index contributed by atoms with van der Waals surface area (Å²) in [6.45, 7) is 2.70. The Bertz CT molecular complexity index is 371. The summed E-state index contributed by atoms with van der Waals surface area (Å²) in [4.78, 5) is 0. The molecule has 0 heterocycles. The number of hydrogen-bond acceptors (Lipinski definition) is 3. The average molecular weight is 386 g/mol. The SMILES string of the molecule is CC(C)OCCSC(F)(F)C(F)OC(F)(F)C(F)(F)C(F)(F)F. The highest BCUT2D eigenvalue weighted by Crippen LogP contribution is 2.49. The van der Waals surface area contributed by atoms with Crippen LogP contribution in [0.15, 0.2) is 0 Å². The van der Waals surface area contributed by atoms with E-state index in [1.807, 2.05) is 0 Å². The van der Waals surface area contributed by atoms with Crippen molar-refractivity contribution in [2.75, 3.05) is 12.4 Å². The molecule has 0 bridgehead atoms. The smallest absolute Gasteiger partial charge is 0.378 e. The third-order valence-electron chi connectivity index (χ3n) is 2.07. The Morgan fingerprint density at radius 3 is 1.78 bits per heavy atom. The van der Waals surface area contributed by atoms with Gasteiger partial charge in [0, 0.05) is 5.75 Å². The van der Waals surface area contributed by atoms with Gasteiger partial charge in [0.1, 0.15) is 0 Å². The molecule has 0 aliphatic carbocycles. The van der Waals surface area contributed by atoms with Gasteiger partial charge in [-0.1, -0.05) is 11.8 Å². The monoisotopic (exact) mass is 386 g/mol. The average Bonchev–Trinajstić information content (AvgIpc) is 2.32. The summed E-state index contributed by atoms with van der Waals surface area (Å²) in [5, 5.41) is -4.79. The van der Waals surface area contributed by atoms with Crippen molar-refractivity contribution in [3.63, 3.8) is 0 Å². The first-order valence-electron chi connectivity index (χ1n) is 5.82. The zero-order chi connectivity index (χ0) is 18.7. The van der Waals surface area contributed by atoms with Crippen molar-refractivity contribution in [1.29, 1.82) is 0 Å². The molecule has 0 amide bonds. The fourth-order valence-corrected chi connectivity index (χ4v) is 1.60. The molecule has 0 aliphatic rings. The van der Waals surface area contributed by atoms with Gasteiger partial charge in [0.15, 0.2) is 0 Å². The molecule has 13 heteroatoms. The Labute approximate surface area is 128 Å². The lowest BCUT2D eigenvalue weighted by Crippen LogP contribution is -2.55.